The molecule has 0 bridgehead atoms. The molecule has 1 aromatic heterocycles. The molecule has 1 heterocycles. The molecule has 1 aliphatic carbocycles. The number of rotatable bonds is 4. The summed E-state index contributed by atoms with van der Waals surface area (Å²) >= 11 is 0. The first-order valence-electron chi connectivity index (χ1n) is 9.37. The molecular formula is C21H23N3O3S. The average Bonchev–Trinajstić information content (AvgIpc) is 2.91. The van der Waals surface area contributed by atoms with Crippen LogP contribution in [0, 0.1) is 6.92 Å². The summed E-state index contributed by atoms with van der Waals surface area (Å²) in [6.45, 7) is 1.73. The van der Waals surface area contributed by atoms with Gasteiger partial charge in [-0.05, 0) is 68.0 Å². The molecule has 0 saturated heterocycles. The lowest BCUT2D eigenvalue weighted by Gasteiger charge is -2.16. The zero-order valence-electron chi connectivity index (χ0n) is 16.0. The lowest BCUT2D eigenvalue weighted by Crippen LogP contribution is -2.23. The number of sulfonamides is 1. The van der Waals surface area contributed by atoms with Crippen molar-refractivity contribution < 1.29 is 8.42 Å². The van der Waals surface area contributed by atoms with E-state index in [4.69, 9.17) is 0 Å². The van der Waals surface area contributed by atoms with E-state index >= 15 is 0 Å². The van der Waals surface area contributed by atoms with E-state index in [0.717, 1.165) is 31.2 Å². The Balaban J connectivity index is 1.74. The van der Waals surface area contributed by atoms with Crippen LogP contribution in [0.3, 0.4) is 0 Å². The van der Waals surface area contributed by atoms with Gasteiger partial charge in [0.2, 0.25) is 0 Å². The molecule has 6 nitrogen and oxygen atoms in total. The van der Waals surface area contributed by atoms with E-state index in [-0.39, 0.29) is 10.6 Å². The highest BCUT2D eigenvalue weighted by Crippen LogP contribution is 2.25. The molecule has 0 saturated carbocycles. The standard InChI is InChI=1S/C21H23N3O3S/c1-15-20(21(25)24(23(15)2)18-10-4-3-5-11-18)22-28(26,27)19-13-12-16-8-6-7-9-17(16)14-19/h3-5,10-14,22H,6-9H2,1-2H3. The predicted molar refractivity (Wildman–Crippen MR) is 110 cm³/mol. The lowest BCUT2D eigenvalue weighted by atomic mass is 9.92. The van der Waals surface area contributed by atoms with Crippen molar-refractivity contribution in [3.8, 4) is 5.69 Å². The molecule has 1 N–H and O–H groups in total. The van der Waals surface area contributed by atoms with E-state index in [2.05, 4.69) is 4.72 Å². The monoisotopic (exact) mass is 397 g/mol. The van der Waals surface area contributed by atoms with E-state index in [0.29, 0.717) is 11.4 Å². The lowest BCUT2D eigenvalue weighted by molar-refractivity contribution is 0.600. The van der Waals surface area contributed by atoms with Crippen molar-refractivity contribution in [3.63, 3.8) is 0 Å². The Morgan fingerprint density at radius 1 is 0.964 bits per heavy atom. The van der Waals surface area contributed by atoms with Gasteiger partial charge in [-0.25, -0.2) is 13.1 Å². The van der Waals surface area contributed by atoms with Crippen LogP contribution < -0.4 is 10.3 Å². The maximum Gasteiger partial charge on any atom is 0.296 e. The molecule has 0 unspecified atom stereocenters. The fourth-order valence-corrected chi connectivity index (χ4v) is 4.92. The van der Waals surface area contributed by atoms with E-state index in [1.165, 1.54) is 10.2 Å². The van der Waals surface area contributed by atoms with E-state index in [9.17, 15) is 13.2 Å². The summed E-state index contributed by atoms with van der Waals surface area (Å²) in [6, 6.07) is 14.4. The molecule has 0 radical (unpaired) electrons. The highest BCUT2D eigenvalue weighted by atomic mass is 32.2. The number of nitrogens with zero attached hydrogens (tertiary/aromatic N) is 2. The first kappa shape index (κ1) is 18.6. The minimum absolute atomic E-state index is 0.0732. The number of hydrogen-bond donors (Lipinski definition) is 1. The molecule has 28 heavy (non-hydrogen) atoms. The molecule has 0 atom stereocenters. The Kier molecular flexibility index (Phi) is 4.63. The van der Waals surface area contributed by atoms with Gasteiger partial charge in [0.05, 0.1) is 16.3 Å². The quantitative estimate of drug-likeness (QED) is 0.735. The molecule has 0 fully saturated rings. The third kappa shape index (κ3) is 3.16. The Hall–Kier alpha value is -2.80. The second kappa shape index (κ2) is 6.98. The van der Waals surface area contributed by atoms with Gasteiger partial charge in [0.25, 0.3) is 15.6 Å². The van der Waals surface area contributed by atoms with Crippen LogP contribution >= 0.6 is 0 Å². The summed E-state index contributed by atoms with van der Waals surface area (Å²) in [6.07, 6.45) is 4.09. The van der Waals surface area contributed by atoms with E-state index < -0.39 is 15.6 Å². The van der Waals surface area contributed by atoms with Crippen molar-refractivity contribution in [2.45, 2.75) is 37.5 Å². The number of benzene rings is 2. The molecule has 0 aliphatic heterocycles. The topological polar surface area (TPSA) is 73.1 Å². The fourth-order valence-electron chi connectivity index (χ4n) is 3.76. The Morgan fingerprint density at radius 3 is 2.36 bits per heavy atom. The van der Waals surface area contributed by atoms with Crippen LogP contribution in [0.5, 0.6) is 0 Å². The number of para-hydroxylation sites is 1. The summed E-state index contributed by atoms with van der Waals surface area (Å²) in [5, 5.41) is 0. The van der Waals surface area contributed by atoms with Crippen LogP contribution in [0.15, 0.2) is 58.2 Å². The smallest absolute Gasteiger partial charge is 0.283 e. The van der Waals surface area contributed by atoms with Crippen LogP contribution in [0.25, 0.3) is 5.69 Å². The zero-order chi connectivity index (χ0) is 19.9. The van der Waals surface area contributed by atoms with Gasteiger partial charge in [-0.3, -0.25) is 14.2 Å². The SMILES string of the molecule is Cc1c(NS(=O)(=O)c2ccc3c(c2)CCCC3)c(=O)n(-c2ccccc2)n1C. The van der Waals surface area contributed by atoms with Crippen LogP contribution in [0.2, 0.25) is 0 Å². The van der Waals surface area contributed by atoms with Gasteiger partial charge in [-0.2, -0.15) is 0 Å². The molecule has 4 rings (SSSR count). The van der Waals surface area contributed by atoms with Gasteiger partial charge in [0.15, 0.2) is 0 Å². The van der Waals surface area contributed by atoms with Crippen LogP contribution in [-0.2, 0) is 29.9 Å². The van der Waals surface area contributed by atoms with Crippen molar-refractivity contribution >= 4 is 15.7 Å². The summed E-state index contributed by atoms with van der Waals surface area (Å²) in [4.78, 5) is 13.2. The van der Waals surface area contributed by atoms with Crippen molar-refractivity contribution in [1.82, 2.24) is 9.36 Å². The van der Waals surface area contributed by atoms with Crippen molar-refractivity contribution in [1.29, 1.82) is 0 Å². The van der Waals surface area contributed by atoms with Gasteiger partial charge in [-0.15, -0.1) is 0 Å². The molecule has 2 aromatic carbocycles. The fraction of sp³-hybridized carbons (Fsp3) is 0.286. The maximum atomic E-state index is 13.0. The Morgan fingerprint density at radius 2 is 1.64 bits per heavy atom. The van der Waals surface area contributed by atoms with Gasteiger partial charge in [-0.1, -0.05) is 24.3 Å². The molecule has 7 heteroatoms. The normalized spacial score (nSPS) is 13.9. The number of nitrogens with one attached hydrogen (secondary N) is 1. The third-order valence-corrected chi connectivity index (χ3v) is 6.77. The largest absolute Gasteiger partial charge is 0.296 e. The summed E-state index contributed by atoms with van der Waals surface area (Å²) < 4.78 is 31.6. The highest BCUT2D eigenvalue weighted by Gasteiger charge is 2.23. The first-order valence-corrected chi connectivity index (χ1v) is 10.9. The maximum absolute atomic E-state index is 13.0. The average molecular weight is 398 g/mol. The minimum atomic E-state index is -3.85. The number of anilines is 1. The van der Waals surface area contributed by atoms with Crippen molar-refractivity contribution in [2.24, 2.45) is 7.05 Å². The van der Waals surface area contributed by atoms with Gasteiger partial charge < -0.3 is 0 Å². The second-order valence-corrected chi connectivity index (χ2v) is 8.86. The summed E-state index contributed by atoms with van der Waals surface area (Å²) in [5.74, 6) is 0. The molecular weight excluding hydrogens is 374 g/mol. The van der Waals surface area contributed by atoms with Crippen LogP contribution in [0.4, 0.5) is 5.69 Å². The molecule has 3 aromatic rings. The first-order chi connectivity index (χ1) is 13.4. The Bertz CT molecular complexity index is 1190. The molecule has 1 aliphatic rings. The minimum Gasteiger partial charge on any atom is -0.283 e. The Labute approximate surface area is 164 Å². The number of fused-ring (bicyclic) bond motifs is 1. The number of hydrogen-bond acceptors (Lipinski definition) is 3. The van der Waals surface area contributed by atoms with Crippen LogP contribution in [0.1, 0.15) is 29.7 Å². The highest BCUT2D eigenvalue weighted by molar-refractivity contribution is 7.92. The third-order valence-electron chi connectivity index (χ3n) is 5.42. The van der Waals surface area contributed by atoms with E-state index in [1.54, 1.807) is 30.8 Å². The molecule has 146 valence electrons. The molecule has 0 spiro atoms. The number of aromatic nitrogens is 2. The second-order valence-electron chi connectivity index (χ2n) is 7.18. The van der Waals surface area contributed by atoms with Crippen molar-refractivity contribution in [2.75, 3.05) is 4.72 Å². The zero-order valence-corrected chi connectivity index (χ0v) is 16.8. The van der Waals surface area contributed by atoms with Gasteiger partial charge in [0, 0.05) is 7.05 Å². The van der Waals surface area contributed by atoms with Gasteiger partial charge >= 0.3 is 0 Å². The predicted octanol–water partition coefficient (Wildman–Crippen LogP) is 3.16. The van der Waals surface area contributed by atoms with Crippen LogP contribution in [-0.4, -0.2) is 17.8 Å². The summed E-state index contributed by atoms with van der Waals surface area (Å²) in [5.41, 5.74) is 3.21. The van der Waals surface area contributed by atoms with Crippen molar-refractivity contribution in [3.05, 3.63) is 75.7 Å². The van der Waals surface area contributed by atoms with Gasteiger partial charge in [0.1, 0.15) is 5.69 Å². The molecule has 0 amide bonds. The van der Waals surface area contributed by atoms with E-state index in [1.807, 2.05) is 36.4 Å². The summed E-state index contributed by atoms with van der Waals surface area (Å²) in [7, 11) is -2.12. The number of aryl methyl sites for hydroxylation is 2.